The lowest BCUT2D eigenvalue weighted by Crippen LogP contribution is -2.37. The van der Waals surface area contributed by atoms with E-state index in [4.69, 9.17) is 13.9 Å². The fourth-order valence-corrected chi connectivity index (χ4v) is 5.58. The minimum atomic E-state index is -4.81. The topological polar surface area (TPSA) is 98.0 Å². The van der Waals surface area contributed by atoms with Gasteiger partial charge in [0.05, 0.1) is 25.4 Å². The highest BCUT2D eigenvalue weighted by Crippen LogP contribution is 2.35. The third-order valence-electron chi connectivity index (χ3n) is 7.90. The summed E-state index contributed by atoms with van der Waals surface area (Å²) in [5, 5.41) is 0. The summed E-state index contributed by atoms with van der Waals surface area (Å²) < 4.78 is 57.6. The maximum Gasteiger partial charge on any atom is 0.437 e. The van der Waals surface area contributed by atoms with Crippen LogP contribution in [-0.4, -0.2) is 61.1 Å². The molecule has 9 nitrogen and oxygen atoms in total. The highest BCUT2D eigenvalue weighted by Gasteiger charge is 2.42. The number of ketones is 1. The molecule has 4 heterocycles. The van der Waals surface area contributed by atoms with E-state index in [0.29, 0.717) is 55.6 Å². The number of halogens is 3. The summed E-state index contributed by atoms with van der Waals surface area (Å²) in [6.07, 6.45) is -0.253. The Hall–Kier alpha value is -3.93. The maximum absolute atomic E-state index is 13.8. The summed E-state index contributed by atoms with van der Waals surface area (Å²) in [5.74, 6) is -0.947. The molecule has 43 heavy (non-hydrogen) atoms. The molecule has 2 aliphatic rings. The number of hydrogen-bond donors (Lipinski definition) is 0. The van der Waals surface area contributed by atoms with Crippen molar-refractivity contribution in [1.29, 1.82) is 0 Å². The number of carbonyl (C=O) groups excluding carboxylic acids is 2. The molecule has 0 bridgehead atoms. The minimum absolute atomic E-state index is 0.0154. The average Bonchev–Trinajstić information content (AvgIpc) is 3.48. The first-order chi connectivity index (χ1) is 20.6. The lowest BCUT2D eigenvalue weighted by molar-refractivity contribution is -0.141. The van der Waals surface area contributed by atoms with E-state index in [1.165, 1.54) is 13.3 Å². The number of benzene rings is 1. The SMILES string of the molecule is COC(=O)c1ccccc1COC1CCN(c2ccc(CC(=O)c3oc(N4CCCC(C)C4)nc3C(F)(F)F)cn2)CC1. The van der Waals surface area contributed by atoms with Crippen molar-refractivity contribution in [3.8, 4) is 0 Å². The number of rotatable bonds is 9. The molecule has 2 aromatic heterocycles. The molecule has 0 aliphatic carbocycles. The molecular formula is C31H35F3N4O5. The van der Waals surface area contributed by atoms with Gasteiger partial charge >= 0.3 is 12.1 Å². The number of methoxy groups -OCH3 is 1. The van der Waals surface area contributed by atoms with Gasteiger partial charge in [0, 0.05) is 38.8 Å². The van der Waals surface area contributed by atoms with Gasteiger partial charge in [-0.05, 0) is 54.9 Å². The predicted molar refractivity (Wildman–Crippen MR) is 152 cm³/mol. The summed E-state index contributed by atoms with van der Waals surface area (Å²) in [4.78, 5) is 36.9. The molecule has 1 unspecified atom stereocenters. The molecular weight excluding hydrogens is 565 g/mol. The lowest BCUT2D eigenvalue weighted by atomic mass is 10.0. The Morgan fingerprint density at radius 3 is 2.49 bits per heavy atom. The van der Waals surface area contributed by atoms with E-state index in [9.17, 15) is 22.8 Å². The second kappa shape index (κ2) is 13.2. The van der Waals surface area contributed by atoms with Crippen LogP contribution in [0.4, 0.5) is 25.0 Å². The summed E-state index contributed by atoms with van der Waals surface area (Å²) in [5.41, 5.74) is 0.455. The molecule has 0 saturated carbocycles. The third-order valence-corrected chi connectivity index (χ3v) is 7.90. The number of nitrogens with zero attached hydrogens (tertiary/aromatic N) is 4. The van der Waals surface area contributed by atoms with Crippen molar-refractivity contribution in [2.24, 2.45) is 5.92 Å². The van der Waals surface area contributed by atoms with E-state index >= 15 is 0 Å². The van der Waals surface area contributed by atoms with E-state index in [1.807, 2.05) is 19.1 Å². The van der Waals surface area contributed by atoms with Gasteiger partial charge in [-0.25, -0.2) is 9.78 Å². The molecule has 2 aliphatic heterocycles. The van der Waals surface area contributed by atoms with Gasteiger partial charge in [0.1, 0.15) is 5.82 Å². The Balaban J connectivity index is 1.17. The van der Waals surface area contributed by atoms with Gasteiger partial charge in [0.25, 0.3) is 6.01 Å². The zero-order valence-corrected chi connectivity index (χ0v) is 24.2. The number of pyridine rings is 1. The van der Waals surface area contributed by atoms with Crippen molar-refractivity contribution in [1.82, 2.24) is 9.97 Å². The predicted octanol–water partition coefficient (Wildman–Crippen LogP) is 5.72. The maximum atomic E-state index is 13.8. The summed E-state index contributed by atoms with van der Waals surface area (Å²) >= 11 is 0. The van der Waals surface area contributed by atoms with E-state index in [0.717, 1.165) is 31.2 Å². The smallest absolute Gasteiger partial charge is 0.437 e. The van der Waals surface area contributed by atoms with Gasteiger partial charge in [0.2, 0.25) is 11.5 Å². The van der Waals surface area contributed by atoms with Crippen LogP contribution in [-0.2, 0) is 28.7 Å². The number of carbonyl (C=O) groups is 2. The second-order valence-corrected chi connectivity index (χ2v) is 11.1. The van der Waals surface area contributed by atoms with E-state index in [2.05, 4.69) is 14.9 Å². The summed E-state index contributed by atoms with van der Waals surface area (Å²) in [7, 11) is 1.35. The zero-order valence-electron chi connectivity index (χ0n) is 24.2. The first-order valence-electron chi connectivity index (χ1n) is 14.5. The van der Waals surface area contributed by atoms with E-state index in [1.54, 1.807) is 29.2 Å². The Morgan fingerprint density at radius 2 is 1.81 bits per heavy atom. The van der Waals surface area contributed by atoms with Gasteiger partial charge in [0.15, 0.2) is 5.69 Å². The molecule has 2 saturated heterocycles. The number of aromatic nitrogens is 2. The lowest BCUT2D eigenvalue weighted by Gasteiger charge is -2.32. The van der Waals surface area contributed by atoms with Crippen LogP contribution in [0.5, 0.6) is 0 Å². The highest BCUT2D eigenvalue weighted by atomic mass is 19.4. The number of esters is 1. The fraction of sp³-hybridized carbons (Fsp3) is 0.484. The average molecular weight is 601 g/mol. The van der Waals surface area contributed by atoms with Crippen LogP contribution in [0.3, 0.4) is 0 Å². The Kier molecular flexibility index (Phi) is 9.34. The molecule has 0 N–H and O–H groups in total. The molecule has 2 fully saturated rings. The fourth-order valence-electron chi connectivity index (χ4n) is 5.58. The van der Waals surface area contributed by atoms with Crippen LogP contribution in [0.2, 0.25) is 0 Å². The molecule has 3 aromatic rings. The van der Waals surface area contributed by atoms with Gasteiger partial charge in [-0.15, -0.1) is 0 Å². The quantitative estimate of drug-likeness (QED) is 0.226. The molecule has 230 valence electrons. The molecule has 1 aromatic carbocycles. The standard InChI is InChI=1S/C31H35F3N4O5/c1-20-6-5-13-38(18-20)30-36-28(31(32,33)34)27(43-30)25(39)16-21-9-10-26(35-17-21)37-14-11-23(12-15-37)42-19-22-7-3-4-8-24(22)29(40)41-2/h3-4,7-10,17,20,23H,5-6,11-16,18-19H2,1-2H3. The number of Topliss-reactive ketones (excluding diaryl/α,β-unsaturated/α-hetero) is 1. The molecule has 0 spiro atoms. The normalized spacial score (nSPS) is 18.1. The largest absolute Gasteiger partial charge is 0.465 e. The van der Waals surface area contributed by atoms with Crippen LogP contribution in [0.1, 0.15) is 70.3 Å². The molecule has 12 heteroatoms. The van der Waals surface area contributed by atoms with E-state index < -0.39 is 29.4 Å². The van der Waals surface area contributed by atoms with Gasteiger partial charge < -0.3 is 23.7 Å². The summed E-state index contributed by atoms with van der Waals surface area (Å²) in [6.45, 7) is 4.78. The van der Waals surface area contributed by atoms with Gasteiger partial charge in [-0.2, -0.15) is 18.2 Å². The highest BCUT2D eigenvalue weighted by molar-refractivity contribution is 5.96. The van der Waals surface area contributed by atoms with Crippen molar-refractivity contribution in [3.63, 3.8) is 0 Å². The van der Waals surface area contributed by atoms with Crippen LogP contribution in [0.15, 0.2) is 47.0 Å². The number of hydrogen-bond acceptors (Lipinski definition) is 9. The van der Waals surface area contributed by atoms with E-state index in [-0.39, 0.29) is 18.5 Å². The molecule has 1 atom stereocenters. The van der Waals surface area contributed by atoms with Crippen LogP contribution in [0, 0.1) is 5.92 Å². The van der Waals surface area contributed by atoms with Crippen molar-refractivity contribution in [2.45, 2.75) is 57.9 Å². The van der Waals surface area contributed by atoms with Crippen molar-refractivity contribution < 1.29 is 36.7 Å². The molecule has 0 amide bonds. The molecule has 0 radical (unpaired) electrons. The molecule has 5 rings (SSSR count). The van der Waals surface area contributed by atoms with Crippen LogP contribution in [0.25, 0.3) is 0 Å². The Labute approximate surface area is 248 Å². The number of oxazole rings is 1. The first kappa shape index (κ1) is 30.5. The summed E-state index contributed by atoms with van der Waals surface area (Å²) in [6, 6.07) is 10.5. The van der Waals surface area contributed by atoms with Gasteiger partial charge in [-0.3, -0.25) is 4.79 Å². The third kappa shape index (κ3) is 7.35. The van der Waals surface area contributed by atoms with Gasteiger partial charge in [-0.1, -0.05) is 31.2 Å². The number of piperidine rings is 2. The minimum Gasteiger partial charge on any atom is -0.465 e. The van der Waals surface area contributed by atoms with Crippen LogP contribution >= 0.6 is 0 Å². The number of ether oxygens (including phenoxy) is 2. The van der Waals surface area contributed by atoms with Crippen LogP contribution < -0.4 is 9.80 Å². The monoisotopic (exact) mass is 600 g/mol. The number of anilines is 2. The van der Waals surface area contributed by atoms with Crippen molar-refractivity contribution in [3.05, 3.63) is 70.7 Å². The number of alkyl halides is 3. The Bertz CT molecular complexity index is 1420. The van der Waals surface area contributed by atoms with Crippen molar-refractivity contribution >= 4 is 23.6 Å². The first-order valence-corrected chi connectivity index (χ1v) is 14.5. The second-order valence-electron chi connectivity index (χ2n) is 11.1. The zero-order chi connectivity index (χ0) is 30.6. The Morgan fingerprint density at radius 1 is 1.05 bits per heavy atom. The van der Waals surface area contributed by atoms with Crippen molar-refractivity contribution in [2.75, 3.05) is 43.1 Å².